The summed E-state index contributed by atoms with van der Waals surface area (Å²) in [5.74, 6) is -2.79. The van der Waals surface area contributed by atoms with Gasteiger partial charge < -0.3 is 9.84 Å². The molecule has 0 amide bonds. The second-order valence-electron chi connectivity index (χ2n) is 5.71. The van der Waals surface area contributed by atoms with Crippen molar-refractivity contribution in [3.05, 3.63) is 74.3 Å². The molecule has 0 aliphatic carbocycles. The minimum Gasteiger partial charge on any atom is -0.481 e. The lowest BCUT2D eigenvalue weighted by atomic mass is 9.94. The van der Waals surface area contributed by atoms with Crippen molar-refractivity contribution in [2.45, 2.75) is 18.5 Å². The predicted octanol–water partition coefficient (Wildman–Crippen LogP) is 6.37. The quantitative estimate of drug-likeness (QED) is 0.391. The van der Waals surface area contributed by atoms with E-state index in [1.807, 2.05) is 0 Å². The van der Waals surface area contributed by atoms with Gasteiger partial charge in [-0.3, -0.25) is 14.9 Å². The molecule has 0 heterocycles. The van der Waals surface area contributed by atoms with Gasteiger partial charge in [0, 0.05) is 17.2 Å². The van der Waals surface area contributed by atoms with Gasteiger partial charge in [0.15, 0.2) is 0 Å². The third-order valence-electron chi connectivity index (χ3n) is 3.82. The van der Waals surface area contributed by atoms with E-state index in [0.29, 0.717) is 6.07 Å². The molecule has 0 aliphatic heterocycles. The maximum absolute atomic E-state index is 12.7. The minimum atomic E-state index is -4.59. The predicted molar refractivity (Wildman–Crippen MR) is 99.6 cm³/mol. The highest BCUT2D eigenvalue weighted by atomic mass is 35.5. The summed E-state index contributed by atoms with van der Waals surface area (Å²) < 4.78 is 43.6. The average molecular weight is 450 g/mol. The summed E-state index contributed by atoms with van der Waals surface area (Å²) in [7, 11) is 0. The summed E-state index contributed by atoms with van der Waals surface area (Å²) in [5.41, 5.74) is -0.494. The highest BCUT2D eigenvalue weighted by molar-refractivity contribution is 6.32. The van der Waals surface area contributed by atoms with Crippen molar-refractivity contribution in [2.75, 3.05) is 0 Å². The van der Waals surface area contributed by atoms with E-state index in [9.17, 15) is 33.2 Å². The topological polar surface area (TPSA) is 89.7 Å². The van der Waals surface area contributed by atoms with Crippen molar-refractivity contribution >= 4 is 34.9 Å². The average Bonchev–Trinajstić information content (AvgIpc) is 2.62. The number of hydrogen-bond donors (Lipinski definition) is 1. The Kier molecular flexibility index (Phi) is 7.10. The van der Waals surface area contributed by atoms with Crippen LogP contribution in [0.4, 0.5) is 18.9 Å². The maximum atomic E-state index is 12.7. The first-order chi connectivity index (χ1) is 13.5. The second kappa shape index (κ2) is 9.15. The van der Waals surface area contributed by atoms with Gasteiger partial charge >= 0.3 is 12.1 Å². The van der Waals surface area contributed by atoms with Crippen molar-refractivity contribution in [1.82, 2.24) is 0 Å². The molecule has 0 aromatic heterocycles. The van der Waals surface area contributed by atoms with Gasteiger partial charge in [0.2, 0.25) is 0 Å². The van der Waals surface area contributed by atoms with Crippen molar-refractivity contribution in [3.8, 4) is 11.5 Å². The third kappa shape index (κ3) is 5.61. The summed E-state index contributed by atoms with van der Waals surface area (Å²) in [6.07, 6.45) is -3.39. The summed E-state index contributed by atoms with van der Waals surface area (Å²) >= 11 is 11.3. The molecule has 11 heteroatoms. The van der Waals surface area contributed by atoms with Gasteiger partial charge in [-0.2, -0.15) is 13.2 Å². The molecule has 2 rings (SSSR count). The molecule has 1 atom stereocenters. The number of hydrogen-bond acceptors (Lipinski definition) is 4. The normalized spacial score (nSPS) is 12.7. The zero-order chi connectivity index (χ0) is 21.8. The molecule has 0 spiro atoms. The number of allylic oxidation sites excluding steroid dienone is 1. The van der Waals surface area contributed by atoms with Crippen molar-refractivity contribution in [1.29, 1.82) is 0 Å². The standard InChI is InChI=1S/C18H12Cl2F3NO5/c19-7-1-2-12(17(25)26)13-9-11(4-5-15(13)24(27)28)29-16-6-3-10(8-14(16)20)18(21,22)23/h1,3-9,12H,2H2,(H,25,26). The summed E-state index contributed by atoms with van der Waals surface area (Å²) in [6.45, 7) is 0. The van der Waals surface area contributed by atoms with E-state index < -0.39 is 34.2 Å². The van der Waals surface area contributed by atoms with Crippen molar-refractivity contribution in [3.63, 3.8) is 0 Å². The number of halogens is 5. The molecule has 0 bridgehead atoms. The monoisotopic (exact) mass is 449 g/mol. The van der Waals surface area contributed by atoms with Crippen LogP contribution in [0.2, 0.25) is 5.02 Å². The molecule has 0 saturated heterocycles. The van der Waals surface area contributed by atoms with E-state index in [4.69, 9.17) is 27.9 Å². The molecule has 154 valence electrons. The summed E-state index contributed by atoms with van der Waals surface area (Å²) in [5, 5.41) is 20.4. The van der Waals surface area contributed by atoms with Crippen molar-refractivity contribution in [2.24, 2.45) is 0 Å². The van der Waals surface area contributed by atoms with E-state index in [2.05, 4.69) is 0 Å². The van der Waals surface area contributed by atoms with Crippen LogP contribution in [0.3, 0.4) is 0 Å². The van der Waals surface area contributed by atoms with Crippen LogP contribution in [0.15, 0.2) is 48.0 Å². The molecule has 0 aliphatic rings. The van der Waals surface area contributed by atoms with Crippen LogP contribution in [0.5, 0.6) is 11.5 Å². The van der Waals surface area contributed by atoms with E-state index in [1.165, 1.54) is 12.1 Å². The van der Waals surface area contributed by atoms with Crippen LogP contribution in [0.1, 0.15) is 23.5 Å². The van der Waals surface area contributed by atoms with Gasteiger partial charge in [-0.05, 0) is 36.8 Å². The molecule has 0 fully saturated rings. The van der Waals surface area contributed by atoms with Gasteiger partial charge in [-0.1, -0.05) is 29.3 Å². The second-order valence-corrected chi connectivity index (χ2v) is 6.37. The first kappa shape index (κ1) is 22.5. The van der Waals surface area contributed by atoms with E-state index >= 15 is 0 Å². The van der Waals surface area contributed by atoms with E-state index in [1.54, 1.807) is 0 Å². The number of carboxylic acid groups (broad SMARTS) is 1. The number of ether oxygens (including phenoxy) is 1. The number of rotatable bonds is 7. The van der Waals surface area contributed by atoms with Crippen LogP contribution in [-0.2, 0) is 11.0 Å². The number of benzene rings is 2. The summed E-state index contributed by atoms with van der Waals surface area (Å²) in [4.78, 5) is 22.1. The molecule has 0 radical (unpaired) electrons. The Balaban J connectivity index is 2.45. The number of nitro benzene ring substituents is 1. The van der Waals surface area contributed by atoms with Crippen LogP contribution < -0.4 is 4.74 Å². The first-order valence-corrected chi connectivity index (χ1v) is 8.67. The highest BCUT2D eigenvalue weighted by Crippen LogP contribution is 2.38. The first-order valence-electron chi connectivity index (χ1n) is 7.85. The fourth-order valence-corrected chi connectivity index (χ4v) is 2.80. The Morgan fingerprint density at radius 2 is 1.97 bits per heavy atom. The Labute approximate surface area is 172 Å². The van der Waals surface area contributed by atoms with Crippen LogP contribution in [0.25, 0.3) is 0 Å². The fourth-order valence-electron chi connectivity index (χ4n) is 2.48. The lowest BCUT2D eigenvalue weighted by molar-refractivity contribution is -0.385. The Morgan fingerprint density at radius 1 is 1.28 bits per heavy atom. The molecular weight excluding hydrogens is 438 g/mol. The van der Waals surface area contributed by atoms with Crippen LogP contribution in [-0.4, -0.2) is 16.0 Å². The fraction of sp³-hybridized carbons (Fsp3) is 0.167. The van der Waals surface area contributed by atoms with Gasteiger partial charge in [0.1, 0.15) is 11.5 Å². The molecule has 6 nitrogen and oxygen atoms in total. The number of alkyl halides is 3. The molecular formula is C18H12Cl2F3NO5. The van der Waals surface area contributed by atoms with Crippen LogP contribution >= 0.6 is 23.2 Å². The zero-order valence-corrected chi connectivity index (χ0v) is 15.8. The lowest BCUT2D eigenvalue weighted by Crippen LogP contribution is -2.13. The minimum absolute atomic E-state index is 0.0339. The van der Waals surface area contributed by atoms with Gasteiger partial charge in [-0.25, -0.2) is 0 Å². The highest BCUT2D eigenvalue weighted by Gasteiger charge is 2.31. The largest absolute Gasteiger partial charge is 0.481 e. The Hall–Kier alpha value is -2.78. The lowest BCUT2D eigenvalue weighted by Gasteiger charge is -2.14. The maximum Gasteiger partial charge on any atom is 0.416 e. The number of nitro groups is 1. The number of carboxylic acids is 1. The number of aliphatic carboxylic acids is 1. The molecule has 2 aromatic carbocycles. The smallest absolute Gasteiger partial charge is 0.416 e. The van der Waals surface area contributed by atoms with Crippen molar-refractivity contribution < 1.29 is 32.7 Å². The molecule has 29 heavy (non-hydrogen) atoms. The Bertz CT molecular complexity index is 963. The molecule has 1 unspecified atom stereocenters. The molecule has 0 saturated carbocycles. The van der Waals surface area contributed by atoms with E-state index in [0.717, 1.165) is 29.8 Å². The number of nitrogens with zero attached hydrogens (tertiary/aromatic N) is 1. The summed E-state index contributed by atoms with van der Waals surface area (Å²) in [6, 6.07) is 5.80. The van der Waals surface area contributed by atoms with Crippen LogP contribution in [0, 0.1) is 10.1 Å². The Morgan fingerprint density at radius 3 is 2.48 bits per heavy atom. The molecule has 2 aromatic rings. The third-order valence-corrected chi connectivity index (χ3v) is 4.29. The van der Waals surface area contributed by atoms with Gasteiger partial charge in [0.25, 0.3) is 5.69 Å². The van der Waals surface area contributed by atoms with E-state index in [-0.39, 0.29) is 28.5 Å². The van der Waals surface area contributed by atoms with Gasteiger partial charge in [0.05, 0.1) is 21.4 Å². The number of carbonyl (C=O) groups is 1. The molecule has 1 N–H and O–H groups in total. The zero-order valence-electron chi connectivity index (χ0n) is 14.3. The SMILES string of the molecule is O=C(O)C(CC=CCl)c1cc(Oc2ccc(C(F)(F)F)cc2Cl)ccc1[N+](=O)[O-]. The van der Waals surface area contributed by atoms with Gasteiger partial charge in [-0.15, -0.1) is 0 Å².